The zero-order valence-corrected chi connectivity index (χ0v) is 13.3. The molecule has 0 amide bonds. The van der Waals surface area contributed by atoms with Crippen molar-refractivity contribution in [1.82, 2.24) is 0 Å². The Kier molecular flexibility index (Phi) is 5.41. The van der Waals surface area contributed by atoms with Gasteiger partial charge in [-0.2, -0.15) is 5.26 Å². The largest absolute Gasteiger partial charge is 0.494 e. The molecule has 2 rings (SSSR count). The number of ether oxygens (including phenoxy) is 1. The molecule has 0 aliphatic carbocycles. The molecule has 0 spiro atoms. The van der Waals surface area contributed by atoms with E-state index in [1.54, 1.807) is 18.2 Å². The third-order valence-electron chi connectivity index (χ3n) is 3.52. The monoisotopic (exact) mass is 317 g/mol. The smallest absolute Gasteiger partial charge is 0.127 e. The van der Waals surface area contributed by atoms with Crippen molar-refractivity contribution in [2.24, 2.45) is 0 Å². The first kappa shape index (κ1) is 16.3. The van der Waals surface area contributed by atoms with E-state index < -0.39 is 5.92 Å². The van der Waals surface area contributed by atoms with Gasteiger partial charge in [0.15, 0.2) is 0 Å². The Morgan fingerprint density at radius 2 is 1.86 bits per heavy atom. The predicted octanol–water partition coefficient (Wildman–Crippen LogP) is 5.17. The van der Waals surface area contributed by atoms with Crippen LogP contribution in [0.5, 0.6) is 5.75 Å². The second-order valence-electron chi connectivity index (χ2n) is 5.21. The molecule has 2 nitrogen and oxygen atoms in total. The van der Waals surface area contributed by atoms with Gasteiger partial charge in [-0.1, -0.05) is 29.8 Å². The molecule has 0 saturated carbocycles. The van der Waals surface area contributed by atoms with E-state index in [-0.39, 0.29) is 5.82 Å². The highest BCUT2D eigenvalue weighted by atomic mass is 35.5. The van der Waals surface area contributed by atoms with Gasteiger partial charge in [0.25, 0.3) is 0 Å². The summed E-state index contributed by atoms with van der Waals surface area (Å²) >= 11 is 6.11. The minimum atomic E-state index is -0.518. The fourth-order valence-corrected chi connectivity index (χ4v) is 2.44. The van der Waals surface area contributed by atoms with Crippen LogP contribution in [-0.4, -0.2) is 6.61 Å². The number of nitriles is 1. The number of benzene rings is 2. The molecule has 0 aliphatic heterocycles. The minimum Gasteiger partial charge on any atom is -0.494 e. The average Bonchev–Trinajstić information content (AvgIpc) is 2.50. The molecule has 0 radical (unpaired) electrons. The summed E-state index contributed by atoms with van der Waals surface area (Å²) in [6.07, 6.45) is 0.429. The lowest BCUT2D eigenvalue weighted by Crippen LogP contribution is -2.06. The third kappa shape index (κ3) is 3.78. The van der Waals surface area contributed by atoms with Gasteiger partial charge < -0.3 is 4.74 Å². The van der Waals surface area contributed by atoms with E-state index in [1.165, 1.54) is 6.07 Å². The molecule has 0 heterocycles. The molecular formula is C18H17ClFNO. The van der Waals surface area contributed by atoms with Gasteiger partial charge in [-0.3, -0.25) is 0 Å². The topological polar surface area (TPSA) is 33.0 Å². The lowest BCUT2D eigenvalue weighted by atomic mass is 9.97. The van der Waals surface area contributed by atoms with Crippen molar-refractivity contribution >= 4 is 11.6 Å². The highest BCUT2D eigenvalue weighted by molar-refractivity contribution is 6.32. The molecule has 0 N–H and O–H groups in total. The van der Waals surface area contributed by atoms with Crippen LogP contribution in [0.15, 0.2) is 36.4 Å². The fraction of sp³-hybridized carbons (Fsp3) is 0.278. The maximum Gasteiger partial charge on any atom is 0.127 e. The first-order valence-electron chi connectivity index (χ1n) is 7.06. The highest BCUT2D eigenvalue weighted by Gasteiger charge is 2.15. The molecule has 2 aromatic rings. The maximum absolute atomic E-state index is 13.7. The van der Waals surface area contributed by atoms with Crippen molar-refractivity contribution in [2.75, 3.05) is 6.61 Å². The average molecular weight is 318 g/mol. The summed E-state index contributed by atoms with van der Waals surface area (Å²) in [5.74, 6) is -0.160. The Hall–Kier alpha value is -2.05. The van der Waals surface area contributed by atoms with Crippen molar-refractivity contribution in [1.29, 1.82) is 5.26 Å². The summed E-state index contributed by atoms with van der Waals surface area (Å²) in [5.41, 5.74) is 2.31. The van der Waals surface area contributed by atoms with Gasteiger partial charge in [-0.15, -0.1) is 0 Å². The number of rotatable bonds is 5. The molecule has 0 fully saturated rings. The second kappa shape index (κ2) is 7.29. The Morgan fingerprint density at radius 3 is 2.45 bits per heavy atom. The quantitative estimate of drug-likeness (QED) is 0.762. The number of nitrogens with zero attached hydrogens (tertiary/aromatic N) is 1. The Balaban J connectivity index is 2.01. The summed E-state index contributed by atoms with van der Waals surface area (Å²) in [4.78, 5) is 0. The van der Waals surface area contributed by atoms with Gasteiger partial charge in [0.1, 0.15) is 11.6 Å². The van der Waals surface area contributed by atoms with Crippen LogP contribution in [0, 0.1) is 31.0 Å². The van der Waals surface area contributed by atoms with Crippen molar-refractivity contribution in [3.05, 3.63) is 63.9 Å². The number of hydrogen-bond donors (Lipinski definition) is 0. The minimum absolute atomic E-state index is 0.340. The van der Waals surface area contributed by atoms with Gasteiger partial charge in [0.05, 0.1) is 18.6 Å². The highest BCUT2D eigenvalue weighted by Crippen LogP contribution is 2.27. The predicted molar refractivity (Wildman–Crippen MR) is 85.8 cm³/mol. The lowest BCUT2D eigenvalue weighted by Gasteiger charge is -2.13. The van der Waals surface area contributed by atoms with E-state index in [2.05, 4.69) is 6.07 Å². The fourth-order valence-electron chi connectivity index (χ4n) is 2.33. The number of aryl methyl sites for hydroxylation is 2. The maximum atomic E-state index is 13.7. The Morgan fingerprint density at radius 1 is 1.23 bits per heavy atom. The van der Waals surface area contributed by atoms with E-state index in [4.69, 9.17) is 16.3 Å². The standard InChI is InChI=1S/C18H17ClFNO/c1-12-9-15(10-13(2)18(12)19)22-8-7-14(11-21)16-5-3-4-6-17(16)20/h3-6,9-10,14H,7-8H2,1-2H3. The summed E-state index contributed by atoms with van der Waals surface area (Å²) in [7, 11) is 0. The normalized spacial score (nSPS) is 11.8. The van der Waals surface area contributed by atoms with Crippen LogP contribution in [0.2, 0.25) is 5.02 Å². The van der Waals surface area contributed by atoms with Crippen molar-refractivity contribution in [3.63, 3.8) is 0 Å². The van der Waals surface area contributed by atoms with Crippen LogP contribution in [0.4, 0.5) is 4.39 Å². The molecule has 22 heavy (non-hydrogen) atoms. The van der Waals surface area contributed by atoms with E-state index in [0.717, 1.165) is 16.1 Å². The van der Waals surface area contributed by atoms with Crippen LogP contribution in [0.1, 0.15) is 29.0 Å². The summed E-state index contributed by atoms with van der Waals surface area (Å²) in [6, 6.07) is 12.2. The van der Waals surface area contributed by atoms with Crippen LogP contribution in [-0.2, 0) is 0 Å². The molecule has 1 unspecified atom stereocenters. The van der Waals surface area contributed by atoms with Crippen LogP contribution >= 0.6 is 11.6 Å². The van der Waals surface area contributed by atoms with Crippen molar-refractivity contribution in [2.45, 2.75) is 26.2 Å². The van der Waals surface area contributed by atoms with Gasteiger partial charge in [-0.25, -0.2) is 4.39 Å². The van der Waals surface area contributed by atoms with Crippen LogP contribution < -0.4 is 4.74 Å². The van der Waals surface area contributed by atoms with Crippen LogP contribution in [0.25, 0.3) is 0 Å². The van der Waals surface area contributed by atoms with Crippen molar-refractivity contribution < 1.29 is 9.13 Å². The zero-order valence-electron chi connectivity index (χ0n) is 12.6. The molecular weight excluding hydrogens is 301 g/mol. The first-order chi connectivity index (χ1) is 10.5. The Bertz CT molecular complexity index is 685. The SMILES string of the molecule is Cc1cc(OCCC(C#N)c2ccccc2F)cc(C)c1Cl. The number of halogens is 2. The molecule has 0 bridgehead atoms. The number of hydrogen-bond acceptors (Lipinski definition) is 2. The third-order valence-corrected chi connectivity index (χ3v) is 4.12. The molecule has 0 aromatic heterocycles. The second-order valence-corrected chi connectivity index (χ2v) is 5.59. The molecule has 114 valence electrons. The zero-order chi connectivity index (χ0) is 16.1. The summed E-state index contributed by atoms with van der Waals surface area (Å²) in [6.45, 7) is 4.17. The Labute approximate surface area is 135 Å². The molecule has 2 aromatic carbocycles. The van der Waals surface area contributed by atoms with Gasteiger partial charge in [0, 0.05) is 17.0 Å². The molecule has 1 atom stereocenters. The van der Waals surface area contributed by atoms with Gasteiger partial charge in [-0.05, 0) is 43.2 Å². The summed E-state index contributed by atoms with van der Waals surface area (Å²) < 4.78 is 19.4. The molecule has 0 aliphatic rings. The van der Waals surface area contributed by atoms with E-state index >= 15 is 0 Å². The summed E-state index contributed by atoms with van der Waals surface area (Å²) in [5, 5.41) is 9.97. The van der Waals surface area contributed by atoms with E-state index in [0.29, 0.717) is 24.3 Å². The van der Waals surface area contributed by atoms with Gasteiger partial charge >= 0.3 is 0 Å². The first-order valence-corrected chi connectivity index (χ1v) is 7.44. The van der Waals surface area contributed by atoms with E-state index in [1.807, 2.05) is 26.0 Å². The van der Waals surface area contributed by atoms with Gasteiger partial charge in [0.2, 0.25) is 0 Å². The van der Waals surface area contributed by atoms with Crippen molar-refractivity contribution in [3.8, 4) is 11.8 Å². The lowest BCUT2D eigenvalue weighted by molar-refractivity contribution is 0.304. The van der Waals surface area contributed by atoms with E-state index in [9.17, 15) is 9.65 Å². The molecule has 4 heteroatoms. The molecule has 0 saturated heterocycles. The van der Waals surface area contributed by atoms with Crippen LogP contribution in [0.3, 0.4) is 0 Å².